The van der Waals surface area contributed by atoms with E-state index in [1.54, 1.807) is 39.2 Å². The van der Waals surface area contributed by atoms with Crippen molar-refractivity contribution in [2.75, 3.05) is 51.5 Å². The topological polar surface area (TPSA) is 197 Å². The number of hydrogen-bond donors (Lipinski definition) is 6. The molecule has 1 aromatic rings. The van der Waals surface area contributed by atoms with Crippen LogP contribution in [0.1, 0.15) is 67.3 Å². The summed E-state index contributed by atoms with van der Waals surface area (Å²) < 4.78 is 0. The van der Waals surface area contributed by atoms with E-state index in [0.29, 0.717) is 30.1 Å². The van der Waals surface area contributed by atoms with E-state index in [-0.39, 0.29) is 41.5 Å². The number of hydrogen-bond acceptors (Lipinski definition) is 11. The van der Waals surface area contributed by atoms with E-state index in [0.717, 1.165) is 13.1 Å². The zero-order valence-corrected chi connectivity index (χ0v) is 28.1. The van der Waals surface area contributed by atoms with Gasteiger partial charge in [0, 0.05) is 43.2 Å². The number of carbonyl (C=O) groups excluding carboxylic acids is 4. The molecule has 6 rings (SSSR count). The smallest absolute Gasteiger partial charge is 0.255 e. The third-order valence-corrected chi connectivity index (χ3v) is 11.4. The first-order valence-corrected chi connectivity index (χ1v) is 16.9. The Labute approximate surface area is 280 Å². The number of allylic oxidation sites excluding steroid dienone is 1. The van der Waals surface area contributed by atoms with Gasteiger partial charge in [0.25, 0.3) is 5.91 Å². The van der Waals surface area contributed by atoms with Crippen LogP contribution in [0.4, 0.5) is 11.4 Å². The van der Waals surface area contributed by atoms with E-state index >= 15 is 0 Å². The second-order valence-corrected chi connectivity index (χ2v) is 14.6. The van der Waals surface area contributed by atoms with E-state index in [4.69, 9.17) is 5.73 Å². The summed E-state index contributed by atoms with van der Waals surface area (Å²) in [6.07, 6.45) is 7.69. The summed E-state index contributed by atoms with van der Waals surface area (Å²) in [7, 11) is 6.74. The molecule has 2 unspecified atom stereocenters. The van der Waals surface area contributed by atoms with Crippen LogP contribution >= 0.6 is 0 Å². The number of fused-ring (bicyclic) bond motifs is 3. The van der Waals surface area contributed by atoms with E-state index < -0.39 is 63.8 Å². The lowest BCUT2D eigenvalue weighted by Crippen LogP contribution is -2.63. The first-order valence-electron chi connectivity index (χ1n) is 16.9. The van der Waals surface area contributed by atoms with Gasteiger partial charge in [-0.3, -0.25) is 24.1 Å². The van der Waals surface area contributed by atoms with Crippen LogP contribution in [0.25, 0.3) is 0 Å². The van der Waals surface area contributed by atoms with Crippen molar-refractivity contribution >= 4 is 34.8 Å². The fourth-order valence-electron chi connectivity index (χ4n) is 9.00. The van der Waals surface area contributed by atoms with Crippen LogP contribution in [-0.2, 0) is 20.8 Å². The molecule has 7 N–H and O–H groups in total. The van der Waals surface area contributed by atoms with Gasteiger partial charge in [0.05, 0.1) is 17.3 Å². The molecule has 260 valence electrons. The number of piperidine rings is 1. The molecule has 0 spiro atoms. The maximum absolute atomic E-state index is 14.3. The number of aromatic hydroxyl groups is 1. The molecule has 1 aromatic carbocycles. The molecule has 0 radical (unpaired) electrons. The highest BCUT2D eigenvalue weighted by Crippen LogP contribution is 2.54. The van der Waals surface area contributed by atoms with Crippen molar-refractivity contribution in [3.8, 4) is 5.75 Å². The average Bonchev–Trinajstić information content (AvgIpc) is 3.04. The number of ketones is 2. The summed E-state index contributed by atoms with van der Waals surface area (Å²) in [5, 5.41) is 48.9. The zero-order chi connectivity index (χ0) is 34.8. The van der Waals surface area contributed by atoms with Crippen molar-refractivity contribution in [2.24, 2.45) is 23.5 Å². The Kier molecular flexibility index (Phi) is 8.84. The van der Waals surface area contributed by atoms with Gasteiger partial charge in [0.2, 0.25) is 11.7 Å². The Hall–Kier alpha value is -3.94. The quantitative estimate of drug-likeness (QED) is 0.192. The molecule has 4 aliphatic carbocycles. The number of likely N-dealkylation sites (tertiary alicyclic amines) is 1. The van der Waals surface area contributed by atoms with Gasteiger partial charge in [0.15, 0.2) is 17.1 Å². The highest BCUT2D eigenvalue weighted by molar-refractivity contribution is 6.25. The molecular formula is C35H47N5O8. The minimum Gasteiger partial charge on any atom is -0.510 e. The molecule has 1 saturated carbocycles. The van der Waals surface area contributed by atoms with E-state index in [1.807, 2.05) is 0 Å². The molecular weight excluding hydrogens is 618 g/mol. The number of rotatable bonds is 6. The monoisotopic (exact) mass is 665 g/mol. The molecule has 2 fully saturated rings. The summed E-state index contributed by atoms with van der Waals surface area (Å²) in [6.45, 7) is 1.66. The normalized spacial score (nSPS) is 28.7. The molecule has 5 aliphatic rings. The van der Waals surface area contributed by atoms with E-state index in [9.17, 15) is 39.6 Å². The van der Waals surface area contributed by atoms with Crippen molar-refractivity contribution in [1.82, 2.24) is 9.80 Å². The summed E-state index contributed by atoms with van der Waals surface area (Å²) in [6, 6.07) is 1.15. The molecule has 1 saturated heterocycles. The van der Waals surface area contributed by atoms with Gasteiger partial charge in [0.1, 0.15) is 17.1 Å². The minimum atomic E-state index is -2.72. The average molecular weight is 666 g/mol. The third-order valence-electron chi connectivity index (χ3n) is 11.4. The largest absolute Gasteiger partial charge is 0.510 e. The molecule has 13 heteroatoms. The summed E-state index contributed by atoms with van der Waals surface area (Å²) in [5.41, 5.74) is 2.62. The van der Waals surface area contributed by atoms with Gasteiger partial charge in [-0.15, -0.1) is 0 Å². The number of benzene rings is 1. The van der Waals surface area contributed by atoms with Gasteiger partial charge in [-0.1, -0.05) is 19.3 Å². The molecule has 1 aliphatic heterocycles. The Balaban J connectivity index is 1.34. The third kappa shape index (κ3) is 5.26. The maximum Gasteiger partial charge on any atom is 0.255 e. The number of phenols is 1. The van der Waals surface area contributed by atoms with E-state index in [1.165, 1.54) is 37.0 Å². The van der Waals surface area contributed by atoms with Crippen LogP contribution in [-0.4, -0.2) is 113 Å². The molecule has 0 bridgehead atoms. The van der Waals surface area contributed by atoms with Crippen molar-refractivity contribution in [1.29, 1.82) is 0 Å². The maximum atomic E-state index is 14.3. The van der Waals surface area contributed by atoms with Gasteiger partial charge in [-0.2, -0.15) is 0 Å². The number of nitrogens with one attached hydrogen (secondary N) is 1. The Morgan fingerprint density at radius 2 is 1.65 bits per heavy atom. The van der Waals surface area contributed by atoms with Crippen LogP contribution in [0.3, 0.4) is 0 Å². The van der Waals surface area contributed by atoms with Crippen LogP contribution in [0.2, 0.25) is 0 Å². The number of amides is 2. The van der Waals surface area contributed by atoms with Crippen molar-refractivity contribution in [2.45, 2.75) is 75.5 Å². The van der Waals surface area contributed by atoms with Crippen LogP contribution in [0.15, 0.2) is 28.7 Å². The van der Waals surface area contributed by atoms with Gasteiger partial charge in [-0.25, -0.2) is 0 Å². The van der Waals surface area contributed by atoms with Crippen LogP contribution in [0, 0.1) is 17.8 Å². The first-order chi connectivity index (χ1) is 22.7. The number of likely N-dealkylation sites (N-methyl/N-ethyl adjacent to an activating group) is 1. The molecule has 2 amide bonds. The molecule has 13 nitrogen and oxygen atoms in total. The zero-order valence-electron chi connectivity index (χ0n) is 28.1. The lowest BCUT2D eigenvalue weighted by atomic mass is 9.58. The van der Waals surface area contributed by atoms with Crippen molar-refractivity contribution in [3.05, 3.63) is 39.9 Å². The minimum absolute atomic E-state index is 0.00255. The number of aliphatic hydroxyl groups excluding tert-OH is 2. The van der Waals surface area contributed by atoms with Crippen molar-refractivity contribution < 1.29 is 39.6 Å². The van der Waals surface area contributed by atoms with E-state index in [2.05, 4.69) is 10.2 Å². The van der Waals surface area contributed by atoms with Gasteiger partial charge in [-0.05, 0) is 83.3 Å². The van der Waals surface area contributed by atoms with Crippen LogP contribution < -0.4 is 16.0 Å². The predicted octanol–water partition coefficient (Wildman–Crippen LogP) is 2.17. The number of nitrogens with two attached hydrogens (primary N) is 1. The Morgan fingerprint density at radius 1 is 1.00 bits per heavy atom. The number of phenolic OH excluding ortho intramolecular Hbond substituents is 1. The predicted molar refractivity (Wildman–Crippen MR) is 178 cm³/mol. The van der Waals surface area contributed by atoms with Crippen LogP contribution in [0.5, 0.6) is 5.75 Å². The molecule has 4 atom stereocenters. The van der Waals surface area contributed by atoms with Gasteiger partial charge < -0.3 is 41.3 Å². The van der Waals surface area contributed by atoms with Crippen molar-refractivity contribution in [3.63, 3.8) is 0 Å². The lowest BCUT2D eigenvalue weighted by Gasteiger charge is -2.50. The first kappa shape index (κ1) is 33.9. The second kappa shape index (κ2) is 12.5. The summed E-state index contributed by atoms with van der Waals surface area (Å²) in [5.74, 6) is -7.65. The number of primary amides is 1. The molecule has 1 heterocycles. The number of carbonyl (C=O) groups is 4. The second-order valence-electron chi connectivity index (χ2n) is 14.6. The SMILES string of the molecule is CN(C)c1cc(NC(=O)C2CCN(C3CCCCC3)CC2)c(O)c2c1CC1CC3[C@H](N(C)C)C(O)=C(C(N)=O)C(=O)[C@@]3(O)C(O)=C1C2=O. The number of aliphatic hydroxyl groups is 3. The Morgan fingerprint density at radius 3 is 2.23 bits per heavy atom. The lowest BCUT2D eigenvalue weighted by molar-refractivity contribution is -0.148. The summed E-state index contributed by atoms with van der Waals surface area (Å²) in [4.78, 5) is 59.5. The number of nitrogens with zero attached hydrogens (tertiary/aromatic N) is 3. The Bertz CT molecular complexity index is 1620. The number of Topliss-reactive ketones (excluding diaryl/α,β-unsaturated/α-hetero) is 2. The molecule has 48 heavy (non-hydrogen) atoms. The standard InChI is InChI=1S/C35H47N5O8/c1-38(2)23-16-22(37-34(47)17-10-12-40(13-11-17)19-8-6-5-7-9-19)28(41)25-20(23)14-18-15-21-27(39(3)4)30(43)26(33(36)46)32(45)35(21,48)31(44)24(18)29(25)42/h16-19,21,27,41,43-44,48H,5-15H2,1-4H3,(H2,36,46)(H,37,47)/t18?,21?,27-,35-/m0/s1. The molecule has 0 aromatic heterocycles. The number of anilines is 2. The highest BCUT2D eigenvalue weighted by atomic mass is 16.3. The van der Waals surface area contributed by atoms with Gasteiger partial charge >= 0.3 is 0 Å². The highest BCUT2D eigenvalue weighted by Gasteiger charge is 2.63. The summed E-state index contributed by atoms with van der Waals surface area (Å²) >= 11 is 0. The fraction of sp³-hybridized carbons (Fsp3) is 0.600. The fourth-order valence-corrected chi connectivity index (χ4v) is 9.00.